The highest BCUT2D eigenvalue weighted by Crippen LogP contribution is 2.20. The first kappa shape index (κ1) is 23.0. The number of nitrogens with one attached hydrogen (secondary N) is 2. The smallest absolute Gasteiger partial charge is 0.319 e. The van der Waals surface area contributed by atoms with E-state index in [1.165, 1.54) is 41.1 Å². The van der Waals surface area contributed by atoms with Gasteiger partial charge in [-0.15, -0.1) is 0 Å². The molecule has 2 amide bonds. The number of carboxylic acid groups (broad SMARTS) is 1. The topological polar surface area (TPSA) is 100 Å². The van der Waals surface area contributed by atoms with Gasteiger partial charge in [-0.25, -0.2) is 9.18 Å². The van der Waals surface area contributed by atoms with E-state index in [1.54, 1.807) is 12.1 Å². The van der Waals surface area contributed by atoms with Crippen LogP contribution in [0, 0.1) is 12.7 Å². The summed E-state index contributed by atoms with van der Waals surface area (Å²) in [5.74, 6) is -1.63. The van der Waals surface area contributed by atoms with Crippen molar-refractivity contribution in [3.63, 3.8) is 0 Å². The zero-order valence-corrected chi connectivity index (χ0v) is 17.9. The predicted octanol–water partition coefficient (Wildman–Crippen LogP) is 4.34. The van der Waals surface area contributed by atoms with Gasteiger partial charge in [-0.3, -0.25) is 9.59 Å². The van der Waals surface area contributed by atoms with Crippen molar-refractivity contribution in [2.24, 2.45) is 0 Å². The Morgan fingerprint density at radius 1 is 1.12 bits per heavy atom. The van der Waals surface area contributed by atoms with Gasteiger partial charge in [0.2, 0.25) is 0 Å². The maximum atomic E-state index is 14.1. The number of aryl methyl sites for hydroxylation is 1. The van der Waals surface area contributed by atoms with E-state index in [9.17, 15) is 23.9 Å². The fourth-order valence-corrected chi connectivity index (χ4v) is 3.38. The molecule has 166 valence electrons. The number of hydrogen-bond donors (Lipinski definition) is 3. The van der Waals surface area contributed by atoms with Gasteiger partial charge in [0.15, 0.2) is 0 Å². The van der Waals surface area contributed by atoms with Crippen molar-refractivity contribution in [1.29, 1.82) is 0 Å². The maximum absolute atomic E-state index is 14.1. The molecule has 0 aliphatic carbocycles. The molecule has 7 nitrogen and oxygen atoms in total. The Bertz CT molecular complexity index is 1170. The minimum atomic E-state index is -1.08. The van der Waals surface area contributed by atoms with Crippen LogP contribution in [-0.2, 0) is 11.3 Å². The highest BCUT2D eigenvalue weighted by molar-refractivity contribution is 6.31. The number of aromatic nitrogens is 1. The van der Waals surface area contributed by atoms with Gasteiger partial charge < -0.3 is 20.3 Å². The molecule has 0 bridgehead atoms. The zero-order valence-electron chi connectivity index (χ0n) is 17.1. The number of carbonyl (C=O) groups excluding carboxylic acids is 1. The third-order valence-electron chi connectivity index (χ3n) is 4.82. The van der Waals surface area contributed by atoms with Gasteiger partial charge in [0.25, 0.3) is 5.56 Å². The molecule has 9 heteroatoms. The number of benzene rings is 2. The second kappa shape index (κ2) is 10.1. The molecule has 3 N–H and O–H groups in total. The molecule has 3 rings (SSSR count). The van der Waals surface area contributed by atoms with Gasteiger partial charge >= 0.3 is 12.0 Å². The number of amides is 2. The van der Waals surface area contributed by atoms with E-state index in [0.717, 1.165) is 5.56 Å². The molecule has 2 aromatic carbocycles. The van der Waals surface area contributed by atoms with Crippen molar-refractivity contribution in [3.8, 4) is 0 Å². The summed E-state index contributed by atoms with van der Waals surface area (Å²) in [5.41, 5.74) is 1.15. The first-order chi connectivity index (χ1) is 15.2. The average molecular weight is 458 g/mol. The van der Waals surface area contributed by atoms with E-state index in [-0.39, 0.29) is 29.2 Å². The van der Waals surface area contributed by atoms with Gasteiger partial charge in [-0.2, -0.15) is 0 Å². The van der Waals surface area contributed by atoms with Gasteiger partial charge in [0, 0.05) is 16.8 Å². The highest BCUT2D eigenvalue weighted by Gasteiger charge is 2.19. The van der Waals surface area contributed by atoms with Crippen LogP contribution in [0.15, 0.2) is 65.6 Å². The largest absolute Gasteiger partial charge is 0.481 e. The standard InChI is InChI=1S/C23H21ClFN3O4/c1-14-7-9-15(10-8-14)20(12-21(29)30)27-23(32)26-19-6-3-11-28(22(19)31)13-16-17(24)4-2-5-18(16)25/h2-11,20H,12-13H2,1H3,(H,29,30)(H2,26,27,32)/t20-/m0/s1. The summed E-state index contributed by atoms with van der Waals surface area (Å²) in [7, 11) is 0. The SMILES string of the molecule is Cc1ccc([C@H](CC(=O)O)NC(=O)Nc2cccn(Cc3c(F)cccc3Cl)c2=O)cc1. The number of aliphatic carboxylic acids is 1. The monoisotopic (exact) mass is 457 g/mol. The van der Waals surface area contributed by atoms with Crippen molar-refractivity contribution >= 4 is 29.3 Å². The third-order valence-corrected chi connectivity index (χ3v) is 5.18. The number of pyridine rings is 1. The lowest BCUT2D eigenvalue weighted by atomic mass is 10.0. The van der Waals surface area contributed by atoms with Gasteiger partial charge in [-0.1, -0.05) is 47.5 Å². The van der Waals surface area contributed by atoms with Crippen molar-refractivity contribution in [3.05, 3.63) is 98.7 Å². The number of urea groups is 1. The summed E-state index contributed by atoms with van der Waals surface area (Å²) in [4.78, 5) is 36.5. The Labute approximate surface area is 188 Å². The predicted molar refractivity (Wildman–Crippen MR) is 120 cm³/mol. The van der Waals surface area contributed by atoms with Crippen LogP contribution >= 0.6 is 11.6 Å². The van der Waals surface area contributed by atoms with Crippen LogP contribution in [0.5, 0.6) is 0 Å². The van der Waals surface area contributed by atoms with E-state index in [4.69, 9.17) is 11.6 Å². The highest BCUT2D eigenvalue weighted by atomic mass is 35.5. The molecule has 0 saturated heterocycles. The van der Waals surface area contributed by atoms with Crippen LogP contribution in [0.25, 0.3) is 0 Å². The summed E-state index contributed by atoms with van der Waals surface area (Å²) < 4.78 is 15.3. The molecule has 0 unspecified atom stereocenters. The quantitative estimate of drug-likeness (QED) is 0.491. The molecule has 0 aliphatic rings. The molecular weight excluding hydrogens is 437 g/mol. The van der Waals surface area contributed by atoms with Gasteiger partial charge in [0.1, 0.15) is 11.5 Å². The molecule has 0 aliphatic heterocycles. The minimum absolute atomic E-state index is 0.0459. The van der Waals surface area contributed by atoms with Gasteiger partial charge in [0.05, 0.1) is 19.0 Å². The zero-order chi connectivity index (χ0) is 23.3. The summed E-state index contributed by atoms with van der Waals surface area (Å²) >= 11 is 6.04. The fraction of sp³-hybridized carbons (Fsp3) is 0.174. The second-order valence-corrected chi connectivity index (χ2v) is 7.62. The molecule has 1 atom stereocenters. The van der Waals surface area contributed by atoms with E-state index < -0.39 is 29.4 Å². The Morgan fingerprint density at radius 3 is 2.50 bits per heavy atom. The lowest BCUT2D eigenvalue weighted by Crippen LogP contribution is -2.36. The summed E-state index contributed by atoms with van der Waals surface area (Å²) in [6.45, 7) is 1.78. The Hall–Kier alpha value is -3.65. The Kier molecular flexibility index (Phi) is 7.27. The number of anilines is 1. The van der Waals surface area contributed by atoms with Crippen molar-refractivity contribution in [2.75, 3.05) is 5.32 Å². The number of hydrogen-bond acceptors (Lipinski definition) is 3. The Balaban J connectivity index is 1.78. The number of halogens is 2. The number of carboxylic acids is 1. The molecule has 32 heavy (non-hydrogen) atoms. The third kappa shape index (κ3) is 5.73. The molecule has 0 saturated carbocycles. The van der Waals surface area contributed by atoms with Crippen molar-refractivity contribution in [2.45, 2.75) is 25.9 Å². The first-order valence-corrected chi connectivity index (χ1v) is 10.1. The first-order valence-electron chi connectivity index (χ1n) is 9.73. The molecule has 1 heterocycles. The number of nitrogens with zero attached hydrogens (tertiary/aromatic N) is 1. The minimum Gasteiger partial charge on any atom is -0.481 e. The molecule has 0 fully saturated rings. The van der Waals surface area contributed by atoms with Gasteiger partial charge in [-0.05, 0) is 36.8 Å². The summed E-state index contributed by atoms with van der Waals surface area (Å²) in [6, 6.07) is 12.7. The van der Waals surface area contributed by atoms with E-state index in [1.807, 2.05) is 19.1 Å². The summed E-state index contributed by atoms with van der Waals surface area (Å²) in [6.07, 6.45) is 1.12. The molecular formula is C23H21ClFN3O4. The summed E-state index contributed by atoms with van der Waals surface area (Å²) in [5, 5.41) is 14.4. The van der Waals surface area contributed by atoms with Crippen LogP contribution < -0.4 is 16.2 Å². The second-order valence-electron chi connectivity index (χ2n) is 7.21. The van der Waals surface area contributed by atoms with Crippen molar-refractivity contribution < 1.29 is 19.1 Å². The molecule has 0 radical (unpaired) electrons. The van der Waals surface area contributed by atoms with Crippen LogP contribution in [0.3, 0.4) is 0 Å². The molecule has 3 aromatic rings. The van der Waals surface area contributed by atoms with Crippen LogP contribution in [0.2, 0.25) is 5.02 Å². The van der Waals surface area contributed by atoms with Crippen LogP contribution in [0.1, 0.15) is 29.2 Å². The fourth-order valence-electron chi connectivity index (χ4n) is 3.15. The van der Waals surface area contributed by atoms with Crippen LogP contribution in [-0.4, -0.2) is 21.7 Å². The lowest BCUT2D eigenvalue weighted by molar-refractivity contribution is -0.137. The molecule has 0 spiro atoms. The number of rotatable bonds is 7. The van der Waals surface area contributed by atoms with E-state index >= 15 is 0 Å². The lowest BCUT2D eigenvalue weighted by Gasteiger charge is -2.18. The van der Waals surface area contributed by atoms with E-state index in [2.05, 4.69) is 10.6 Å². The molecule has 1 aromatic heterocycles. The average Bonchev–Trinajstić information content (AvgIpc) is 2.73. The van der Waals surface area contributed by atoms with Crippen LogP contribution in [0.4, 0.5) is 14.9 Å². The van der Waals surface area contributed by atoms with E-state index in [0.29, 0.717) is 5.56 Å². The maximum Gasteiger partial charge on any atom is 0.319 e. The Morgan fingerprint density at radius 2 is 1.84 bits per heavy atom. The normalized spacial score (nSPS) is 11.6. The number of carbonyl (C=O) groups is 2. The van der Waals surface area contributed by atoms with Crippen molar-refractivity contribution in [1.82, 2.24) is 9.88 Å².